The van der Waals surface area contributed by atoms with Crippen molar-refractivity contribution in [3.05, 3.63) is 60.1 Å². The van der Waals surface area contributed by atoms with Gasteiger partial charge in [0.05, 0.1) is 16.4 Å². The highest BCUT2D eigenvalue weighted by Gasteiger charge is 2.51. The van der Waals surface area contributed by atoms with E-state index in [0.717, 1.165) is 11.1 Å². The molecule has 8 heteroatoms. The summed E-state index contributed by atoms with van der Waals surface area (Å²) >= 11 is 0. The van der Waals surface area contributed by atoms with Gasteiger partial charge < -0.3 is 9.32 Å². The zero-order valence-electron chi connectivity index (χ0n) is 14.6. The molecule has 1 amide bonds. The summed E-state index contributed by atoms with van der Waals surface area (Å²) in [6.07, 6.45) is 3.15. The van der Waals surface area contributed by atoms with Crippen LogP contribution in [0.15, 0.2) is 58.2 Å². The molecule has 2 aliphatic heterocycles. The molecule has 0 spiro atoms. The summed E-state index contributed by atoms with van der Waals surface area (Å²) < 4.78 is 33.0. The molecule has 0 unspecified atom stereocenters. The zero-order valence-corrected chi connectivity index (χ0v) is 15.4. The Morgan fingerprint density at radius 3 is 2.78 bits per heavy atom. The summed E-state index contributed by atoms with van der Waals surface area (Å²) in [5.41, 5.74) is 2.07. The number of sulfone groups is 1. The molecule has 7 nitrogen and oxygen atoms in total. The van der Waals surface area contributed by atoms with Crippen LogP contribution >= 0.6 is 0 Å². The molecule has 138 valence electrons. The van der Waals surface area contributed by atoms with Gasteiger partial charge in [-0.15, -0.1) is 0 Å². The van der Waals surface area contributed by atoms with E-state index in [2.05, 4.69) is 5.10 Å². The summed E-state index contributed by atoms with van der Waals surface area (Å²) in [7, 11) is -1.76. The number of carbonyl (C=O) groups is 1. The van der Waals surface area contributed by atoms with Crippen LogP contribution in [0, 0.1) is 0 Å². The van der Waals surface area contributed by atoms with Crippen LogP contribution in [0.2, 0.25) is 0 Å². The minimum atomic E-state index is -3.46. The smallest absolute Gasteiger partial charge is 0.272 e. The topological polar surface area (TPSA) is 85.4 Å². The van der Waals surface area contributed by atoms with Gasteiger partial charge in [-0.1, -0.05) is 0 Å². The van der Waals surface area contributed by atoms with E-state index in [9.17, 15) is 13.2 Å². The van der Waals surface area contributed by atoms with Crippen molar-refractivity contribution >= 4 is 15.7 Å². The number of rotatable bonds is 2. The van der Waals surface area contributed by atoms with Crippen molar-refractivity contribution in [1.82, 2.24) is 14.7 Å². The number of hydrogen-bond donors (Lipinski definition) is 0. The summed E-state index contributed by atoms with van der Waals surface area (Å²) in [5.74, 6) is 0.278. The third-order valence-electron chi connectivity index (χ3n) is 5.51. The first kappa shape index (κ1) is 16.3. The van der Waals surface area contributed by atoms with Crippen molar-refractivity contribution in [1.29, 1.82) is 0 Å². The third-order valence-corrected chi connectivity index (χ3v) is 7.77. The third kappa shape index (κ3) is 2.29. The van der Waals surface area contributed by atoms with Crippen LogP contribution in [-0.4, -0.2) is 47.3 Å². The molecule has 5 rings (SSSR count). The van der Waals surface area contributed by atoms with Gasteiger partial charge in [-0.3, -0.25) is 9.48 Å². The van der Waals surface area contributed by atoms with Crippen LogP contribution in [0.4, 0.5) is 0 Å². The van der Waals surface area contributed by atoms with Crippen LogP contribution in [-0.2, 0) is 16.9 Å². The Hall–Kier alpha value is -2.87. The first-order valence-electron chi connectivity index (χ1n) is 8.66. The van der Waals surface area contributed by atoms with E-state index >= 15 is 0 Å². The predicted molar refractivity (Wildman–Crippen MR) is 97.0 cm³/mol. The van der Waals surface area contributed by atoms with Crippen molar-refractivity contribution in [3.8, 4) is 11.3 Å². The van der Waals surface area contributed by atoms with Gasteiger partial charge in [-0.25, -0.2) is 8.42 Å². The number of likely N-dealkylation sites (tertiary alicyclic amines) is 1. The van der Waals surface area contributed by atoms with Gasteiger partial charge in [-0.2, -0.15) is 5.10 Å². The Labute approximate surface area is 156 Å². The van der Waals surface area contributed by atoms with Gasteiger partial charge in [0.1, 0.15) is 11.5 Å². The zero-order chi connectivity index (χ0) is 18.8. The van der Waals surface area contributed by atoms with Crippen LogP contribution in [0.5, 0.6) is 0 Å². The molecule has 1 saturated heterocycles. The maximum atomic E-state index is 13.0. The molecule has 2 aromatic heterocycles. The van der Waals surface area contributed by atoms with Crippen LogP contribution in [0.25, 0.3) is 11.3 Å². The van der Waals surface area contributed by atoms with E-state index in [-0.39, 0.29) is 18.4 Å². The number of amides is 1. The van der Waals surface area contributed by atoms with Gasteiger partial charge in [0, 0.05) is 37.8 Å². The Morgan fingerprint density at radius 1 is 1.22 bits per heavy atom. The molecule has 1 fully saturated rings. The fraction of sp³-hybridized carbons (Fsp3) is 0.263. The van der Waals surface area contributed by atoms with Gasteiger partial charge in [0.15, 0.2) is 9.84 Å². The largest absolute Gasteiger partial charge is 0.464 e. The molecule has 0 bridgehead atoms. The van der Waals surface area contributed by atoms with Gasteiger partial charge in [-0.05, 0) is 42.0 Å². The highest BCUT2D eigenvalue weighted by atomic mass is 32.2. The molecule has 27 heavy (non-hydrogen) atoms. The molecule has 2 atom stereocenters. The lowest BCUT2D eigenvalue weighted by atomic mass is 9.96. The average Bonchev–Trinajstić information content (AvgIpc) is 3.42. The summed E-state index contributed by atoms with van der Waals surface area (Å²) in [4.78, 5) is 14.8. The second kappa shape index (κ2) is 5.56. The maximum absolute atomic E-state index is 13.0. The molecular weight excluding hydrogens is 366 g/mol. The molecule has 4 heterocycles. The van der Waals surface area contributed by atoms with E-state index in [1.165, 1.54) is 4.68 Å². The number of hydrogen-bond acceptors (Lipinski definition) is 5. The lowest BCUT2D eigenvalue weighted by Crippen LogP contribution is -2.32. The molecule has 0 aliphatic carbocycles. The Kier molecular flexibility index (Phi) is 3.36. The summed E-state index contributed by atoms with van der Waals surface area (Å²) in [6.45, 7) is 0.574. The normalized spacial score (nSPS) is 22.6. The van der Waals surface area contributed by atoms with Crippen LogP contribution in [0.3, 0.4) is 0 Å². The number of benzene rings is 1. The Bertz CT molecular complexity index is 1150. The maximum Gasteiger partial charge on any atom is 0.272 e. The Balaban J connectivity index is 1.53. The monoisotopic (exact) mass is 383 g/mol. The lowest BCUT2D eigenvalue weighted by molar-refractivity contribution is 0.0780. The number of nitrogens with zero attached hydrogens (tertiary/aromatic N) is 3. The van der Waals surface area contributed by atoms with E-state index in [0.29, 0.717) is 22.9 Å². The number of fused-ring (bicyclic) bond motifs is 3. The lowest BCUT2D eigenvalue weighted by Gasteiger charge is -2.18. The quantitative estimate of drug-likeness (QED) is 0.676. The molecule has 3 aromatic rings. The molecule has 2 aliphatic rings. The van der Waals surface area contributed by atoms with Crippen LogP contribution < -0.4 is 0 Å². The molecular formula is C19H17N3O4S. The van der Waals surface area contributed by atoms with Crippen molar-refractivity contribution in [2.24, 2.45) is 7.05 Å². The number of aryl methyl sites for hydroxylation is 1. The molecule has 0 N–H and O–H groups in total. The fourth-order valence-corrected chi connectivity index (χ4v) is 6.32. The molecule has 0 radical (unpaired) electrons. The van der Waals surface area contributed by atoms with E-state index < -0.39 is 15.1 Å². The van der Waals surface area contributed by atoms with Crippen molar-refractivity contribution in [2.45, 2.75) is 16.1 Å². The van der Waals surface area contributed by atoms with Gasteiger partial charge in [0.2, 0.25) is 0 Å². The van der Waals surface area contributed by atoms with Crippen molar-refractivity contribution in [2.75, 3.05) is 13.1 Å². The van der Waals surface area contributed by atoms with E-state index in [1.54, 1.807) is 48.7 Å². The second-order valence-corrected chi connectivity index (χ2v) is 9.11. The van der Waals surface area contributed by atoms with E-state index in [1.807, 2.05) is 12.1 Å². The van der Waals surface area contributed by atoms with Crippen molar-refractivity contribution in [3.63, 3.8) is 0 Å². The second-order valence-electron chi connectivity index (χ2n) is 6.97. The SMILES string of the molecule is Cn1nccc1C(=O)N1C[C@@H]2c3cc(-c4ccco4)ccc3S(=O)(=O)[C@@H]2C1. The minimum Gasteiger partial charge on any atom is -0.464 e. The standard InChI is InChI=1S/C19H17N3O4S/c1-21-15(6-7-20-21)19(23)22-10-14-13-9-12(16-3-2-8-26-16)4-5-17(13)27(24,25)18(14)11-22/h2-9,14,18H,10-11H2,1H3/t14-,18-/m1/s1. The predicted octanol–water partition coefficient (Wildman–Crippen LogP) is 2.08. The van der Waals surface area contributed by atoms with E-state index in [4.69, 9.17) is 4.42 Å². The minimum absolute atomic E-state index is 0.191. The Morgan fingerprint density at radius 2 is 2.07 bits per heavy atom. The number of furan rings is 1. The summed E-state index contributed by atoms with van der Waals surface area (Å²) in [6, 6.07) is 10.6. The highest BCUT2D eigenvalue weighted by Crippen LogP contribution is 2.46. The van der Waals surface area contributed by atoms with Gasteiger partial charge in [0.25, 0.3) is 5.91 Å². The van der Waals surface area contributed by atoms with Crippen LogP contribution in [0.1, 0.15) is 22.0 Å². The first-order valence-corrected chi connectivity index (χ1v) is 10.2. The number of carbonyl (C=O) groups excluding carboxylic acids is 1. The molecule has 1 aromatic carbocycles. The highest BCUT2D eigenvalue weighted by molar-refractivity contribution is 7.92. The first-order chi connectivity index (χ1) is 13.0. The fourth-order valence-electron chi connectivity index (χ4n) is 4.16. The number of aromatic nitrogens is 2. The molecule has 0 saturated carbocycles. The van der Waals surface area contributed by atoms with Crippen molar-refractivity contribution < 1.29 is 17.6 Å². The summed E-state index contributed by atoms with van der Waals surface area (Å²) in [5, 5.41) is 3.43. The average molecular weight is 383 g/mol. The van der Waals surface area contributed by atoms with Gasteiger partial charge >= 0.3 is 0 Å².